The number of carbonyl (C=O) groups excluding carboxylic acids is 1. The molecule has 0 heterocycles. The maximum atomic E-state index is 11.1. The first-order valence-electron chi connectivity index (χ1n) is 9.69. The van der Waals surface area contributed by atoms with Crippen LogP contribution >= 0.6 is 0 Å². The van der Waals surface area contributed by atoms with Crippen LogP contribution in [0, 0.1) is 20.2 Å². The van der Waals surface area contributed by atoms with Crippen LogP contribution in [0.2, 0.25) is 0 Å². The lowest BCUT2D eigenvalue weighted by Crippen LogP contribution is -2.02. The molecule has 0 unspecified atom stereocenters. The highest BCUT2D eigenvalue weighted by molar-refractivity contribution is 5.50. The summed E-state index contributed by atoms with van der Waals surface area (Å²) in [6.45, 7) is 2.19. The van der Waals surface area contributed by atoms with Crippen molar-refractivity contribution in [1.82, 2.24) is 0 Å². The van der Waals surface area contributed by atoms with E-state index in [4.69, 9.17) is 0 Å². The molecule has 0 rings (SSSR count). The highest BCUT2D eigenvalue weighted by Crippen LogP contribution is 2.13. The summed E-state index contributed by atoms with van der Waals surface area (Å²) >= 11 is 0. The average Bonchev–Trinajstić information content (AvgIpc) is 2.63. The van der Waals surface area contributed by atoms with Crippen molar-refractivity contribution >= 4 is 6.29 Å². The maximum absolute atomic E-state index is 11.1. The Kier molecular flexibility index (Phi) is 15.7. The van der Waals surface area contributed by atoms with E-state index < -0.39 is 9.85 Å². The summed E-state index contributed by atoms with van der Waals surface area (Å²) in [4.78, 5) is 31.2. The van der Waals surface area contributed by atoms with Gasteiger partial charge in [0, 0.05) is 12.8 Å². The van der Waals surface area contributed by atoms with Crippen LogP contribution in [0.15, 0.2) is 35.7 Å². The molecule has 0 N–H and O–H groups in total. The number of unbranched alkanes of at least 4 members (excludes halogenated alkanes) is 7. The van der Waals surface area contributed by atoms with E-state index in [0.29, 0.717) is 12.8 Å². The topological polar surface area (TPSA) is 103 Å². The molecule has 0 amide bonds. The smallest absolute Gasteiger partial charge is 0.246 e. The molecule has 0 saturated carbocycles. The lowest BCUT2D eigenvalue weighted by Gasteiger charge is -1.98. The number of allylic oxidation sites excluding steroid dienone is 5. The molecule has 151 valence electrons. The first-order chi connectivity index (χ1) is 13.0. The van der Waals surface area contributed by atoms with Gasteiger partial charge in [-0.05, 0) is 37.8 Å². The predicted octanol–water partition coefficient (Wildman–Crippen LogP) is 5.67. The van der Waals surface area contributed by atoms with Gasteiger partial charge in [0.25, 0.3) is 0 Å². The second-order valence-corrected chi connectivity index (χ2v) is 6.37. The molecule has 0 bridgehead atoms. The van der Waals surface area contributed by atoms with Crippen molar-refractivity contribution in [3.8, 4) is 0 Å². The molecular weight excluding hydrogens is 348 g/mol. The minimum absolute atomic E-state index is 0.0551. The molecule has 0 saturated heterocycles. The fraction of sp³-hybridized carbons (Fsp3) is 0.650. The Morgan fingerprint density at radius 1 is 0.889 bits per heavy atom. The number of hydrogen-bond donors (Lipinski definition) is 0. The molecule has 0 aliphatic carbocycles. The van der Waals surface area contributed by atoms with Crippen LogP contribution in [0.3, 0.4) is 0 Å². The molecule has 1 radical (unpaired) electrons. The molecule has 0 aliphatic rings. The molecule has 7 heteroatoms. The quantitative estimate of drug-likeness (QED) is 0.140. The summed E-state index contributed by atoms with van der Waals surface area (Å²) < 4.78 is 0. The Labute approximate surface area is 161 Å². The zero-order valence-corrected chi connectivity index (χ0v) is 16.2. The maximum Gasteiger partial charge on any atom is 0.246 e. The number of rotatable bonds is 17. The largest absolute Gasteiger partial charge is 0.291 e. The fourth-order valence-electron chi connectivity index (χ4n) is 2.53. The fourth-order valence-corrected chi connectivity index (χ4v) is 2.53. The molecule has 0 aromatic heterocycles. The van der Waals surface area contributed by atoms with Gasteiger partial charge >= 0.3 is 0 Å². The van der Waals surface area contributed by atoms with E-state index in [2.05, 4.69) is 6.92 Å². The zero-order chi connectivity index (χ0) is 20.3. The molecule has 0 aromatic carbocycles. The van der Waals surface area contributed by atoms with Crippen LogP contribution in [0.5, 0.6) is 0 Å². The predicted molar refractivity (Wildman–Crippen MR) is 106 cm³/mol. The standard InChI is InChI=1S/C20H31N2O5/c1-2-3-4-5-6-7-8-9-10-11-14-19(21(24)25)16-17-20(22(26)27)15-12-13-18-23/h9-10,14,17H,2-8,11-13,15-16H2,1H3/b10-9+,19-14-,20-17-. The van der Waals surface area contributed by atoms with Crippen LogP contribution in [-0.2, 0) is 4.79 Å². The summed E-state index contributed by atoms with van der Waals surface area (Å²) in [7, 11) is 0. The zero-order valence-electron chi connectivity index (χ0n) is 16.2. The molecule has 0 fully saturated rings. The Bertz CT molecular complexity index is 538. The van der Waals surface area contributed by atoms with E-state index in [9.17, 15) is 25.0 Å². The Morgan fingerprint density at radius 3 is 2.19 bits per heavy atom. The van der Waals surface area contributed by atoms with E-state index in [-0.39, 0.29) is 30.7 Å². The minimum Gasteiger partial charge on any atom is -0.291 e. The van der Waals surface area contributed by atoms with Gasteiger partial charge in [0.1, 0.15) is 0 Å². The van der Waals surface area contributed by atoms with E-state index in [1.807, 2.05) is 12.2 Å². The van der Waals surface area contributed by atoms with E-state index in [1.165, 1.54) is 44.3 Å². The third-order valence-electron chi connectivity index (χ3n) is 4.11. The number of nitro groups is 2. The second kappa shape index (κ2) is 17.1. The Hall–Kier alpha value is -2.31. The average molecular weight is 379 g/mol. The summed E-state index contributed by atoms with van der Waals surface area (Å²) in [5.41, 5.74) is -0.155. The number of hydrogen-bond acceptors (Lipinski definition) is 5. The van der Waals surface area contributed by atoms with Gasteiger partial charge in [-0.15, -0.1) is 0 Å². The SMILES string of the molecule is CCCCCCCC/C=C/C/C=C(/C/C=C(/CCC[C]=O)[N+](=O)[O-])[N+](=O)[O-]. The van der Waals surface area contributed by atoms with E-state index in [0.717, 1.165) is 12.8 Å². The Balaban J connectivity index is 4.38. The Morgan fingerprint density at radius 2 is 1.56 bits per heavy atom. The first-order valence-corrected chi connectivity index (χ1v) is 9.69. The van der Waals surface area contributed by atoms with E-state index in [1.54, 1.807) is 6.29 Å². The lowest BCUT2D eigenvalue weighted by molar-refractivity contribution is -0.432. The van der Waals surface area contributed by atoms with Crippen molar-refractivity contribution in [2.45, 2.75) is 84.0 Å². The van der Waals surface area contributed by atoms with Gasteiger partial charge in [-0.1, -0.05) is 51.2 Å². The molecular formula is C20H31N2O5. The van der Waals surface area contributed by atoms with Gasteiger partial charge in [0.05, 0.1) is 16.3 Å². The van der Waals surface area contributed by atoms with Crippen molar-refractivity contribution in [3.05, 3.63) is 55.9 Å². The summed E-state index contributed by atoms with van der Waals surface area (Å²) in [6.07, 6.45) is 17.6. The van der Waals surface area contributed by atoms with Crippen LogP contribution in [-0.4, -0.2) is 16.1 Å². The van der Waals surface area contributed by atoms with Crippen molar-refractivity contribution < 1.29 is 14.6 Å². The van der Waals surface area contributed by atoms with Crippen LogP contribution in [0.25, 0.3) is 0 Å². The molecule has 27 heavy (non-hydrogen) atoms. The van der Waals surface area contributed by atoms with Crippen LogP contribution in [0.4, 0.5) is 0 Å². The third-order valence-corrected chi connectivity index (χ3v) is 4.11. The van der Waals surface area contributed by atoms with Crippen molar-refractivity contribution in [2.24, 2.45) is 0 Å². The highest BCUT2D eigenvalue weighted by atomic mass is 16.6. The third kappa shape index (κ3) is 14.5. The highest BCUT2D eigenvalue weighted by Gasteiger charge is 2.14. The second-order valence-electron chi connectivity index (χ2n) is 6.37. The van der Waals surface area contributed by atoms with Crippen molar-refractivity contribution in [2.75, 3.05) is 0 Å². The van der Waals surface area contributed by atoms with E-state index >= 15 is 0 Å². The molecule has 7 nitrogen and oxygen atoms in total. The minimum atomic E-state index is -0.553. The van der Waals surface area contributed by atoms with Gasteiger partial charge in [-0.25, -0.2) is 0 Å². The van der Waals surface area contributed by atoms with Gasteiger partial charge in [0.15, 0.2) is 6.29 Å². The van der Waals surface area contributed by atoms with Crippen molar-refractivity contribution in [3.63, 3.8) is 0 Å². The molecule has 0 aliphatic heterocycles. The van der Waals surface area contributed by atoms with Crippen LogP contribution < -0.4 is 0 Å². The molecule has 0 spiro atoms. The monoisotopic (exact) mass is 379 g/mol. The van der Waals surface area contributed by atoms with Crippen LogP contribution in [0.1, 0.15) is 84.0 Å². The lowest BCUT2D eigenvalue weighted by atomic mass is 10.1. The van der Waals surface area contributed by atoms with Gasteiger partial charge in [-0.2, -0.15) is 0 Å². The van der Waals surface area contributed by atoms with Crippen molar-refractivity contribution in [1.29, 1.82) is 0 Å². The van der Waals surface area contributed by atoms with Gasteiger partial charge in [0.2, 0.25) is 11.4 Å². The van der Waals surface area contributed by atoms with Gasteiger partial charge in [-0.3, -0.25) is 25.0 Å². The summed E-state index contributed by atoms with van der Waals surface area (Å²) in [6, 6.07) is 0. The van der Waals surface area contributed by atoms with Gasteiger partial charge < -0.3 is 0 Å². The molecule has 0 aromatic rings. The summed E-state index contributed by atoms with van der Waals surface area (Å²) in [5.74, 6) is 0. The normalized spacial score (nSPS) is 12.5. The first kappa shape index (κ1) is 24.7. The number of nitrogens with zero attached hydrogens (tertiary/aromatic N) is 2. The summed E-state index contributed by atoms with van der Waals surface area (Å²) in [5, 5.41) is 22.1. The molecule has 0 atom stereocenters.